The van der Waals surface area contributed by atoms with Gasteiger partial charge in [-0.2, -0.15) is 0 Å². The molecule has 0 bridgehead atoms. The number of unbranched alkanes of at least 4 members (excludes halogenated alkanes) is 1. The zero-order valence-electron chi connectivity index (χ0n) is 10.3. The Bertz CT molecular complexity index is 200. The van der Waals surface area contributed by atoms with Crippen LogP contribution in [-0.4, -0.2) is 31.0 Å². The molecule has 1 rings (SSSR count). The molecule has 0 amide bonds. The van der Waals surface area contributed by atoms with E-state index in [9.17, 15) is 0 Å². The van der Waals surface area contributed by atoms with Crippen LogP contribution < -0.4 is 0 Å². The van der Waals surface area contributed by atoms with Gasteiger partial charge in [0, 0.05) is 13.7 Å². The molecular formula is C12H25O3P. The summed E-state index contributed by atoms with van der Waals surface area (Å²) >= 11 is 0. The predicted octanol–water partition coefficient (Wildman–Crippen LogP) is 2.85. The van der Waals surface area contributed by atoms with Crippen molar-refractivity contribution in [1.82, 2.24) is 0 Å². The van der Waals surface area contributed by atoms with E-state index in [2.05, 4.69) is 6.30 Å². The van der Waals surface area contributed by atoms with Crippen molar-refractivity contribution in [3.8, 4) is 0 Å². The molecule has 96 valence electrons. The van der Waals surface area contributed by atoms with E-state index < -0.39 is 8.00 Å². The number of methoxy groups -OCH3 is 1. The predicted molar refractivity (Wildman–Crippen MR) is 70.2 cm³/mol. The highest BCUT2D eigenvalue weighted by Gasteiger charge is 2.21. The van der Waals surface area contributed by atoms with Crippen molar-refractivity contribution in [2.75, 3.05) is 13.7 Å². The Hall–Kier alpha value is 0.180. The van der Waals surface area contributed by atoms with E-state index >= 15 is 0 Å². The third-order valence-corrected chi connectivity index (χ3v) is 3.91. The van der Waals surface area contributed by atoms with Gasteiger partial charge >= 0.3 is 0 Å². The van der Waals surface area contributed by atoms with Crippen LogP contribution in [0.2, 0.25) is 0 Å². The highest BCUT2D eigenvalue weighted by Crippen LogP contribution is 2.33. The lowest BCUT2D eigenvalue weighted by molar-refractivity contribution is 0.132. The zero-order chi connectivity index (χ0) is 11.8. The second-order valence-corrected chi connectivity index (χ2v) is 5.67. The Labute approximate surface area is 99.7 Å². The van der Waals surface area contributed by atoms with Crippen molar-refractivity contribution >= 4 is 14.3 Å². The van der Waals surface area contributed by atoms with Crippen molar-refractivity contribution in [2.45, 2.75) is 51.0 Å². The smallest absolute Gasteiger partial charge is 0.102 e. The quantitative estimate of drug-likeness (QED) is 0.556. The molecule has 16 heavy (non-hydrogen) atoms. The van der Waals surface area contributed by atoms with Crippen LogP contribution in [0.5, 0.6) is 0 Å². The highest BCUT2D eigenvalue weighted by atomic mass is 31.1. The van der Waals surface area contributed by atoms with Gasteiger partial charge in [0.25, 0.3) is 0 Å². The lowest BCUT2D eigenvalue weighted by Gasteiger charge is -2.28. The number of hydrogen-bond donors (Lipinski definition) is 1. The van der Waals surface area contributed by atoms with E-state index in [4.69, 9.17) is 14.2 Å². The molecule has 0 aromatic heterocycles. The number of hydrogen-bond acceptors (Lipinski definition) is 3. The van der Waals surface area contributed by atoms with Gasteiger partial charge in [0.05, 0.1) is 6.10 Å². The maximum Gasteiger partial charge on any atom is 0.102 e. The van der Waals surface area contributed by atoms with Crippen LogP contribution in [0.15, 0.2) is 0 Å². The third-order valence-electron chi connectivity index (χ3n) is 3.31. The van der Waals surface area contributed by atoms with Gasteiger partial charge in [0.2, 0.25) is 0 Å². The summed E-state index contributed by atoms with van der Waals surface area (Å²) in [5, 5.41) is 0. The second-order valence-electron chi connectivity index (χ2n) is 4.64. The molecule has 3 nitrogen and oxygen atoms in total. The Kier molecular flexibility index (Phi) is 7.39. The summed E-state index contributed by atoms with van der Waals surface area (Å²) in [6.45, 7) is 0.885. The van der Waals surface area contributed by atoms with Crippen LogP contribution in [0.25, 0.3) is 0 Å². The van der Waals surface area contributed by atoms with E-state index in [0.717, 1.165) is 25.4 Å². The molecule has 0 radical (unpaired) electrons. The van der Waals surface area contributed by atoms with Crippen LogP contribution in [0.3, 0.4) is 0 Å². The molecular weight excluding hydrogens is 223 g/mol. The minimum Gasteiger partial charge on any atom is -0.385 e. The van der Waals surface area contributed by atoms with Crippen molar-refractivity contribution in [1.29, 1.82) is 0 Å². The van der Waals surface area contributed by atoms with Gasteiger partial charge in [0.1, 0.15) is 8.00 Å². The average Bonchev–Trinajstić information content (AvgIpc) is 2.26. The van der Waals surface area contributed by atoms with Gasteiger partial charge in [-0.1, -0.05) is 19.1 Å². The molecule has 1 fully saturated rings. The van der Waals surface area contributed by atoms with Crippen LogP contribution in [0.4, 0.5) is 0 Å². The fraction of sp³-hybridized carbons (Fsp3) is 0.917. The molecule has 1 unspecified atom stereocenters. The van der Waals surface area contributed by atoms with Crippen molar-refractivity contribution in [2.24, 2.45) is 5.92 Å². The lowest BCUT2D eigenvalue weighted by atomic mass is 9.84. The van der Waals surface area contributed by atoms with Crippen molar-refractivity contribution < 1.29 is 14.2 Å². The Morgan fingerprint density at radius 2 is 1.94 bits per heavy atom. The largest absolute Gasteiger partial charge is 0.385 e. The lowest BCUT2D eigenvalue weighted by Crippen LogP contribution is -2.19. The molecule has 1 N–H and O–H groups in total. The first-order valence-corrected chi connectivity index (χ1v) is 7.82. The molecule has 1 aliphatic carbocycles. The minimum absolute atomic E-state index is 0.270. The van der Waals surface area contributed by atoms with Crippen LogP contribution in [0.1, 0.15) is 44.9 Å². The van der Waals surface area contributed by atoms with Crippen LogP contribution in [-0.2, 0) is 9.26 Å². The molecule has 0 aliphatic heterocycles. The average molecular weight is 248 g/mol. The van der Waals surface area contributed by atoms with Crippen LogP contribution in [0, 0.1) is 5.92 Å². The minimum atomic E-state index is -1.74. The maximum absolute atomic E-state index is 9.13. The fourth-order valence-electron chi connectivity index (χ4n) is 2.41. The highest BCUT2D eigenvalue weighted by molar-refractivity contribution is 7.44. The Morgan fingerprint density at radius 1 is 1.25 bits per heavy atom. The number of rotatable bonds is 7. The van der Waals surface area contributed by atoms with Gasteiger partial charge in [-0.05, 0) is 38.0 Å². The van der Waals surface area contributed by atoms with Gasteiger partial charge in [0.15, 0.2) is 0 Å². The third kappa shape index (κ3) is 6.05. The molecule has 1 aliphatic rings. The van der Waals surface area contributed by atoms with Crippen molar-refractivity contribution in [3.05, 3.63) is 0 Å². The summed E-state index contributed by atoms with van der Waals surface area (Å²) in [6, 6.07) is 0. The van der Waals surface area contributed by atoms with Gasteiger partial charge in [-0.25, -0.2) is 0 Å². The van der Waals surface area contributed by atoms with Gasteiger partial charge in [-0.15, -0.1) is 0 Å². The molecule has 0 aromatic rings. The van der Waals surface area contributed by atoms with Gasteiger partial charge < -0.3 is 14.2 Å². The molecule has 0 heterocycles. The normalized spacial score (nSPS) is 27.9. The molecule has 0 aromatic carbocycles. The topological polar surface area (TPSA) is 38.7 Å². The van der Waals surface area contributed by atoms with E-state index in [0.29, 0.717) is 0 Å². The van der Waals surface area contributed by atoms with E-state index in [1.54, 1.807) is 7.11 Å². The summed E-state index contributed by atoms with van der Waals surface area (Å²) in [7, 11) is 0.0183. The molecule has 4 heteroatoms. The summed E-state index contributed by atoms with van der Waals surface area (Å²) in [4.78, 5) is 9.13. The van der Waals surface area contributed by atoms with E-state index in [-0.39, 0.29) is 6.10 Å². The number of ether oxygens (including phenoxy) is 1. The Morgan fingerprint density at radius 3 is 2.50 bits per heavy atom. The SMILES string of the molecule is C=[PH](O)OC1CCC(CCCCOC)CC1. The first-order chi connectivity index (χ1) is 7.72. The van der Waals surface area contributed by atoms with Gasteiger partial charge in [-0.3, -0.25) is 0 Å². The summed E-state index contributed by atoms with van der Waals surface area (Å²) in [5.41, 5.74) is 0. The maximum atomic E-state index is 9.13. The molecule has 0 saturated heterocycles. The first kappa shape index (κ1) is 14.2. The standard InChI is InChI=1S/C12H25O3P/c1-14-10-4-3-5-11-6-8-12(9-7-11)15-16(2)13/h11-13,16H,2-10H2,1H3. The second kappa shape index (κ2) is 8.30. The van der Waals surface area contributed by atoms with E-state index in [1.807, 2.05) is 0 Å². The molecule has 1 atom stereocenters. The zero-order valence-corrected chi connectivity index (χ0v) is 11.3. The monoisotopic (exact) mass is 248 g/mol. The van der Waals surface area contributed by atoms with E-state index in [1.165, 1.54) is 32.1 Å². The summed E-state index contributed by atoms with van der Waals surface area (Å²) in [6.07, 6.45) is 12.3. The van der Waals surface area contributed by atoms with Crippen LogP contribution >= 0.6 is 8.00 Å². The first-order valence-electron chi connectivity index (χ1n) is 6.26. The molecule has 1 saturated carbocycles. The fourth-order valence-corrected chi connectivity index (χ4v) is 3.03. The summed E-state index contributed by atoms with van der Waals surface area (Å²) < 4.78 is 10.4. The van der Waals surface area contributed by atoms with Crippen molar-refractivity contribution in [3.63, 3.8) is 0 Å². The molecule has 0 spiro atoms. The Balaban J connectivity index is 2.05. The summed E-state index contributed by atoms with van der Waals surface area (Å²) in [5.74, 6) is 0.857.